The summed E-state index contributed by atoms with van der Waals surface area (Å²) in [5, 5.41) is 0. The van der Waals surface area contributed by atoms with Crippen molar-refractivity contribution in [3.05, 3.63) is 0 Å². The topological polar surface area (TPSA) is 43.4 Å². The molecule has 1 aliphatic heterocycles. The maximum absolute atomic E-state index is 10.0. The van der Waals surface area contributed by atoms with E-state index < -0.39 is 11.9 Å². The van der Waals surface area contributed by atoms with E-state index >= 15 is 0 Å². The normalized spacial score (nSPS) is 20.0. The lowest BCUT2D eigenvalue weighted by Crippen LogP contribution is -1.94. The first-order valence-electron chi connectivity index (χ1n) is 2.02. The average molecular weight is 104 g/mol. The molecule has 0 aromatic heterocycles. The summed E-state index contributed by atoms with van der Waals surface area (Å²) in [6.45, 7) is 0. The van der Waals surface area contributed by atoms with Crippen molar-refractivity contribution < 1.29 is 14.3 Å². The lowest BCUT2D eigenvalue weighted by Gasteiger charge is -1.79. The molecule has 0 radical (unpaired) electrons. The Morgan fingerprint density at radius 3 is 1.71 bits per heavy atom. The Kier molecular flexibility index (Phi) is 0.817. The van der Waals surface area contributed by atoms with Crippen molar-refractivity contribution in [2.24, 2.45) is 0 Å². The number of esters is 2. The fourth-order valence-corrected chi connectivity index (χ4v) is 0.433. The zero-order valence-electron chi connectivity index (χ0n) is 3.64. The predicted molar refractivity (Wildman–Crippen MR) is 20.3 cm³/mol. The molecule has 0 amide bonds. The van der Waals surface area contributed by atoms with Gasteiger partial charge in [-0.15, -0.1) is 0 Å². The van der Waals surface area contributed by atoms with Gasteiger partial charge in [0.25, 0.3) is 0 Å². The van der Waals surface area contributed by atoms with Crippen molar-refractivity contribution >= 4 is 11.9 Å². The van der Waals surface area contributed by atoms with Crippen molar-refractivity contribution in [2.75, 3.05) is 0 Å². The van der Waals surface area contributed by atoms with Crippen molar-refractivity contribution in [3.8, 4) is 0 Å². The van der Waals surface area contributed by atoms with Crippen LogP contribution in [0.3, 0.4) is 0 Å². The zero-order valence-corrected chi connectivity index (χ0v) is 3.64. The van der Waals surface area contributed by atoms with Gasteiger partial charge in [0.2, 0.25) is 0 Å². The maximum atomic E-state index is 10.0. The third kappa shape index (κ3) is 0.765. The first-order valence-corrected chi connectivity index (χ1v) is 2.02. The van der Waals surface area contributed by atoms with E-state index in [-0.39, 0.29) is 12.8 Å². The van der Waals surface area contributed by atoms with Gasteiger partial charge in [0.1, 0.15) is 0 Å². The predicted octanol–water partition coefficient (Wildman–Crippen LogP) is -0.150. The summed E-state index contributed by atoms with van der Waals surface area (Å²) in [5.41, 5.74) is 0. The summed E-state index contributed by atoms with van der Waals surface area (Å²) >= 11 is 0. The van der Waals surface area contributed by atoms with Crippen LogP contribution in [-0.4, -0.2) is 11.9 Å². The molecular weight excluding hydrogens is 100 g/mol. The first kappa shape index (κ1) is 4.30. The number of carbonyl (C=O) groups is 2. The highest BCUT2D eigenvalue weighted by Crippen LogP contribution is 2.03. The van der Waals surface area contributed by atoms with Gasteiger partial charge in [-0.05, 0) is 0 Å². The minimum absolute atomic E-state index is 0.263. The van der Waals surface area contributed by atoms with Crippen LogP contribution < -0.4 is 0 Å². The molecule has 0 aromatic rings. The zero-order chi connectivity index (χ0) is 5.28. The summed E-state index contributed by atoms with van der Waals surface area (Å²) in [4.78, 5) is 20.0. The Morgan fingerprint density at radius 2 is 1.57 bits per heavy atom. The number of hydrogen-bond acceptors (Lipinski definition) is 3. The molecule has 1 heterocycles. The monoisotopic (exact) mass is 104 g/mol. The van der Waals surface area contributed by atoms with Gasteiger partial charge in [-0.1, -0.05) is 0 Å². The molecule has 0 aliphatic carbocycles. The Balaban J connectivity index is 2.55. The van der Waals surface area contributed by atoms with Gasteiger partial charge in [0, 0.05) is 0 Å². The lowest BCUT2D eigenvalue weighted by atomic mass is 11.4. The van der Waals surface area contributed by atoms with E-state index in [1.54, 1.807) is 0 Å². The van der Waals surface area contributed by atoms with Gasteiger partial charge in [-0.3, -0.25) is 9.59 Å². The molecule has 0 atom stereocenters. The highest BCUT2D eigenvalue weighted by Gasteiger charge is 2.19. The van der Waals surface area contributed by atoms with Crippen LogP contribution in [0.2, 0.25) is 0 Å². The minimum atomic E-state index is -0.398. The Labute approximate surface area is 40.3 Å². The summed E-state index contributed by atoms with van der Waals surface area (Å²) in [7, 11) is 0. The van der Waals surface area contributed by atoms with Crippen LogP contribution in [0.1, 0.15) is 12.8 Å². The molecule has 0 bridgehead atoms. The van der Waals surface area contributed by atoms with Crippen LogP contribution in [-0.2, 0) is 14.3 Å². The number of cyclic esters (lactones) is 2. The molecule has 0 unspecified atom stereocenters. The van der Waals surface area contributed by atoms with Crippen LogP contribution in [0.25, 0.3) is 0 Å². The third-order valence-corrected chi connectivity index (χ3v) is 0.761. The summed E-state index contributed by atoms with van der Waals surface area (Å²) < 4.78 is 4.08. The van der Waals surface area contributed by atoms with E-state index in [0.717, 1.165) is 0 Å². The summed E-state index contributed by atoms with van der Waals surface area (Å²) in [6, 6.07) is 0. The highest BCUT2D eigenvalue weighted by atomic mass is 16.7. The largest absolute Gasteiger partial charge is 0.393 e. The molecule has 1 fully saturated rings. The van der Waals surface area contributed by atoms with E-state index in [1.807, 2.05) is 0 Å². The van der Waals surface area contributed by atoms with E-state index in [1.165, 1.54) is 0 Å². The molecule has 1 rings (SSSR count). The SMILES string of the molecule is O=[13C]1[13CH2][13CH2][13C](=O)O1. The Bertz CT molecular complexity index is 102. The second kappa shape index (κ2) is 1.33. The van der Waals surface area contributed by atoms with Crippen LogP contribution in [0.5, 0.6) is 0 Å². The lowest BCUT2D eigenvalue weighted by molar-refractivity contribution is -0.151. The fraction of sp³-hybridized carbons (Fsp3) is 0.500. The second-order valence-electron chi connectivity index (χ2n) is 1.35. The van der Waals surface area contributed by atoms with E-state index in [4.69, 9.17) is 0 Å². The van der Waals surface area contributed by atoms with Gasteiger partial charge < -0.3 is 4.74 Å². The molecule has 1 saturated heterocycles. The number of hydrogen-bond donors (Lipinski definition) is 0. The molecular formula is C4H4O3. The van der Waals surface area contributed by atoms with Crippen LogP contribution >= 0.6 is 0 Å². The quantitative estimate of drug-likeness (QED) is 0.244. The van der Waals surface area contributed by atoms with Crippen molar-refractivity contribution in [1.29, 1.82) is 0 Å². The Hall–Kier alpha value is -0.860. The van der Waals surface area contributed by atoms with Crippen molar-refractivity contribution in [3.63, 3.8) is 0 Å². The van der Waals surface area contributed by atoms with E-state index in [9.17, 15) is 9.59 Å². The second-order valence-corrected chi connectivity index (χ2v) is 1.35. The van der Waals surface area contributed by atoms with Crippen molar-refractivity contribution in [2.45, 2.75) is 12.8 Å². The highest BCUT2D eigenvalue weighted by molar-refractivity contribution is 5.92. The molecule has 1 aliphatic rings. The smallest absolute Gasteiger partial charge is 0.314 e. The van der Waals surface area contributed by atoms with Crippen LogP contribution in [0.15, 0.2) is 0 Å². The fourth-order valence-electron chi connectivity index (χ4n) is 0.433. The molecule has 0 saturated carbocycles. The van der Waals surface area contributed by atoms with Gasteiger partial charge in [0.15, 0.2) is 0 Å². The van der Waals surface area contributed by atoms with Crippen LogP contribution in [0.4, 0.5) is 0 Å². The standard InChI is InChI=1S/C4H4O3/c5-3-1-2-4(6)7-3/h1-2H2/i1+1,2+1,3+1,4+1. The molecule has 0 aromatic carbocycles. The van der Waals surface area contributed by atoms with Crippen molar-refractivity contribution in [1.82, 2.24) is 0 Å². The van der Waals surface area contributed by atoms with Crippen LogP contribution in [0, 0.1) is 0 Å². The third-order valence-electron chi connectivity index (χ3n) is 0.761. The number of ether oxygens (including phenoxy) is 1. The minimum Gasteiger partial charge on any atom is -0.393 e. The molecule has 3 nitrogen and oxygen atoms in total. The summed E-state index contributed by atoms with van der Waals surface area (Å²) in [5.74, 6) is -0.796. The van der Waals surface area contributed by atoms with Gasteiger partial charge >= 0.3 is 11.9 Å². The first-order chi connectivity index (χ1) is 3.29. The van der Waals surface area contributed by atoms with Gasteiger partial charge in [-0.2, -0.15) is 0 Å². The van der Waals surface area contributed by atoms with E-state index in [2.05, 4.69) is 4.74 Å². The summed E-state index contributed by atoms with van der Waals surface area (Å²) in [6.07, 6.45) is 0.525. The molecule has 38 valence electrons. The molecule has 0 spiro atoms. The Morgan fingerprint density at radius 1 is 1.14 bits per heavy atom. The average Bonchev–Trinajstić information content (AvgIpc) is 1.87. The maximum Gasteiger partial charge on any atom is 0.314 e. The molecule has 0 N–H and O–H groups in total. The molecule has 3 heteroatoms. The number of carbonyl (C=O) groups excluding carboxylic acids is 2. The molecule has 7 heavy (non-hydrogen) atoms. The van der Waals surface area contributed by atoms with Gasteiger partial charge in [-0.25, -0.2) is 0 Å². The van der Waals surface area contributed by atoms with E-state index in [0.29, 0.717) is 0 Å². The number of rotatable bonds is 0. The van der Waals surface area contributed by atoms with Gasteiger partial charge in [0.05, 0.1) is 12.8 Å².